The van der Waals surface area contributed by atoms with E-state index in [0.29, 0.717) is 10.6 Å². The lowest BCUT2D eigenvalue weighted by Crippen LogP contribution is -2.47. The zero-order valence-corrected chi connectivity index (χ0v) is 15.8. The van der Waals surface area contributed by atoms with Gasteiger partial charge in [0.15, 0.2) is 0 Å². The normalized spacial score (nSPS) is 9.72. The predicted molar refractivity (Wildman–Crippen MR) is 105 cm³/mol. The molecule has 8 heteroatoms. The van der Waals surface area contributed by atoms with Crippen molar-refractivity contribution in [3.05, 3.63) is 70.8 Å². The van der Waals surface area contributed by atoms with Crippen LogP contribution in [0.2, 0.25) is 0 Å². The van der Waals surface area contributed by atoms with E-state index in [1.165, 1.54) is 23.2 Å². The van der Waals surface area contributed by atoms with Crippen LogP contribution in [0.3, 0.4) is 0 Å². The Labute approximate surface area is 168 Å². The summed E-state index contributed by atoms with van der Waals surface area (Å²) in [6.45, 7) is 1.77. The predicted octanol–water partition coefficient (Wildman–Crippen LogP) is 2.17. The van der Waals surface area contributed by atoms with Crippen molar-refractivity contribution >= 4 is 17.9 Å². The maximum absolute atomic E-state index is 12.2. The van der Waals surface area contributed by atoms with Gasteiger partial charge in [-0.05, 0) is 48.4 Å². The Kier molecular flexibility index (Phi) is 7.77. The molecule has 0 radical (unpaired) electrons. The molecule has 0 unspecified atom stereocenters. The van der Waals surface area contributed by atoms with Gasteiger partial charge in [0.05, 0.1) is 6.54 Å². The Hall–Kier alpha value is -3.83. The van der Waals surface area contributed by atoms with E-state index in [0.717, 1.165) is 12.0 Å². The molecule has 0 aliphatic rings. The van der Waals surface area contributed by atoms with Crippen molar-refractivity contribution in [2.45, 2.75) is 19.8 Å². The van der Waals surface area contributed by atoms with Gasteiger partial charge in [-0.15, -0.1) is 0 Å². The third kappa shape index (κ3) is 6.68. The lowest BCUT2D eigenvalue weighted by atomic mass is 10.1. The zero-order chi connectivity index (χ0) is 21.2. The van der Waals surface area contributed by atoms with Crippen LogP contribution in [0.15, 0.2) is 48.5 Å². The molecule has 0 aliphatic heterocycles. The minimum Gasteiger partial charge on any atom is -0.464 e. The van der Waals surface area contributed by atoms with Crippen LogP contribution in [-0.2, 0) is 11.2 Å². The number of hydrogen-bond acceptors (Lipinski definition) is 4. The Bertz CT molecular complexity index is 928. The second kappa shape index (κ2) is 10.5. The number of amides is 3. The van der Waals surface area contributed by atoms with Gasteiger partial charge in [-0.25, -0.2) is 15.3 Å². The lowest BCUT2D eigenvalue weighted by molar-refractivity contribution is -0.129. The first-order valence-corrected chi connectivity index (χ1v) is 8.88. The Morgan fingerprint density at radius 1 is 0.966 bits per heavy atom. The van der Waals surface area contributed by atoms with Crippen molar-refractivity contribution in [3.63, 3.8) is 0 Å². The Morgan fingerprint density at radius 2 is 1.52 bits per heavy atom. The van der Waals surface area contributed by atoms with Crippen molar-refractivity contribution in [1.82, 2.24) is 15.9 Å². The average molecular weight is 395 g/mol. The molecule has 2 aromatic carbocycles. The molecule has 29 heavy (non-hydrogen) atoms. The molecule has 0 heterocycles. The molecule has 4 N–H and O–H groups in total. The van der Waals surface area contributed by atoms with E-state index in [-0.39, 0.29) is 18.5 Å². The topological polar surface area (TPSA) is 119 Å². The average Bonchev–Trinajstić information content (AvgIpc) is 2.75. The van der Waals surface area contributed by atoms with E-state index in [4.69, 9.17) is 10.3 Å². The number of nitrogens with one attached hydrogen (secondary N) is 2. The maximum Gasteiger partial charge on any atom is 0.426 e. The standard InChI is InChI=1S/C21H21N3O5/c1-2-15-3-5-16(6-4-15)7-8-17-9-11-18(12-10-17)20(26)22-24(21(27)28)14-13-19(25)23-29/h3-6,9-12,29H,2,13-14H2,1H3,(H,22,26)(H,23,25)(H,27,28). The molecule has 150 valence electrons. The number of nitrogens with zero attached hydrogens (tertiary/aromatic N) is 1. The number of hydrogen-bond donors (Lipinski definition) is 4. The van der Waals surface area contributed by atoms with Crippen molar-refractivity contribution in [2.24, 2.45) is 0 Å². The second-order valence-electron chi connectivity index (χ2n) is 6.04. The molecule has 0 saturated carbocycles. The van der Waals surface area contributed by atoms with Crippen LogP contribution in [0.4, 0.5) is 4.79 Å². The summed E-state index contributed by atoms with van der Waals surface area (Å²) in [6, 6.07) is 14.3. The van der Waals surface area contributed by atoms with Gasteiger partial charge in [0.25, 0.3) is 5.91 Å². The minimum absolute atomic E-state index is 0.237. The molecule has 3 amide bonds. The third-order valence-corrected chi connectivity index (χ3v) is 4.02. The molecule has 0 fully saturated rings. The highest BCUT2D eigenvalue weighted by atomic mass is 16.5. The maximum atomic E-state index is 12.2. The fourth-order valence-corrected chi connectivity index (χ4v) is 2.33. The minimum atomic E-state index is -1.43. The molecule has 2 aromatic rings. The van der Waals surface area contributed by atoms with Gasteiger partial charge >= 0.3 is 6.09 Å². The van der Waals surface area contributed by atoms with Crippen LogP contribution in [0, 0.1) is 11.8 Å². The van der Waals surface area contributed by atoms with Crippen LogP contribution >= 0.6 is 0 Å². The van der Waals surface area contributed by atoms with E-state index >= 15 is 0 Å². The quantitative estimate of drug-likeness (QED) is 0.351. The number of hydroxylamine groups is 1. The number of rotatable bonds is 5. The van der Waals surface area contributed by atoms with Gasteiger partial charge in [0.1, 0.15) is 0 Å². The summed E-state index contributed by atoms with van der Waals surface area (Å²) >= 11 is 0. The van der Waals surface area contributed by atoms with Crippen molar-refractivity contribution in [3.8, 4) is 11.8 Å². The third-order valence-electron chi connectivity index (χ3n) is 4.02. The number of benzene rings is 2. The number of hydrazine groups is 1. The SMILES string of the molecule is CCc1ccc(C#Cc2ccc(C(=O)NN(CCC(=O)NO)C(=O)O)cc2)cc1. The van der Waals surface area contributed by atoms with Gasteiger partial charge in [-0.2, -0.15) is 0 Å². The molecule has 8 nitrogen and oxygen atoms in total. The van der Waals surface area contributed by atoms with E-state index in [9.17, 15) is 14.4 Å². The highest BCUT2D eigenvalue weighted by molar-refractivity contribution is 5.95. The molecule has 0 aliphatic carbocycles. The molecular weight excluding hydrogens is 374 g/mol. The van der Waals surface area contributed by atoms with E-state index in [1.807, 2.05) is 24.3 Å². The van der Waals surface area contributed by atoms with Crippen LogP contribution < -0.4 is 10.9 Å². The molecule has 0 spiro atoms. The van der Waals surface area contributed by atoms with Gasteiger partial charge < -0.3 is 5.11 Å². The number of aryl methyl sites for hydroxylation is 1. The summed E-state index contributed by atoms with van der Waals surface area (Å²) in [5, 5.41) is 18.1. The van der Waals surface area contributed by atoms with E-state index in [1.54, 1.807) is 12.1 Å². The largest absolute Gasteiger partial charge is 0.464 e. The molecule has 0 saturated heterocycles. The molecule has 0 bridgehead atoms. The monoisotopic (exact) mass is 395 g/mol. The van der Waals surface area contributed by atoms with Crippen LogP contribution in [0.25, 0.3) is 0 Å². The summed E-state index contributed by atoms with van der Waals surface area (Å²) in [7, 11) is 0. The summed E-state index contributed by atoms with van der Waals surface area (Å²) < 4.78 is 0. The molecule has 0 atom stereocenters. The summed E-state index contributed by atoms with van der Waals surface area (Å²) in [4.78, 5) is 34.4. The van der Waals surface area contributed by atoms with Crippen molar-refractivity contribution < 1.29 is 24.7 Å². The smallest absolute Gasteiger partial charge is 0.426 e. The molecule has 0 aromatic heterocycles. The van der Waals surface area contributed by atoms with E-state index in [2.05, 4.69) is 24.2 Å². The van der Waals surface area contributed by atoms with Crippen molar-refractivity contribution in [1.29, 1.82) is 0 Å². The number of carboxylic acid groups (broad SMARTS) is 1. The lowest BCUT2D eigenvalue weighted by Gasteiger charge is -2.19. The fraction of sp³-hybridized carbons (Fsp3) is 0.190. The summed E-state index contributed by atoms with van der Waals surface area (Å²) in [5.41, 5.74) is 6.65. The highest BCUT2D eigenvalue weighted by Gasteiger charge is 2.17. The number of carbonyl (C=O) groups is 3. The molecule has 2 rings (SSSR count). The zero-order valence-electron chi connectivity index (χ0n) is 15.8. The highest BCUT2D eigenvalue weighted by Crippen LogP contribution is 2.06. The fourth-order valence-electron chi connectivity index (χ4n) is 2.33. The summed E-state index contributed by atoms with van der Waals surface area (Å²) in [6.07, 6.45) is -0.775. The molecular formula is C21H21N3O5. The Balaban J connectivity index is 2.01. The Morgan fingerprint density at radius 3 is 2.00 bits per heavy atom. The summed E-state index contributed by atoms with van der Waals surface area (Å²) in [5.74, 6) is 4.64. The first-order valence-electron chi connectivity index (χ1n) is 8.88. The van der Waals surface area contributed by atoms with Gasteiger partial charge in [-0.3, -0.25) is 20.2 Å². The van der Waals surface area contributed by atoms with Crippen molar-refractivity contribution in [2.75, 3.05) is 6.54 Å². The van der Waals surface area contributed by atoms with Crippen LogP contribution in [-0.4, -0.2) is 39.8 Å². The first kappa shape index (κ1) is 21.5. The van der Waals surface area contributed by atoms with Crippen LogP contribution in [0.1, 0.15) is 40.4 Å². The van der Waals surface area contributed by atoms with E-state index < -0.39 is 17.9 Å². The first-order chi connectivity index (χ1) is 13.9. The van der Waals surface area contributed by atoms with Gasteiger partial charge in [-0.1, -0.05) is 30.9 Å². The van der Waals surface area contributed by atoms with Crippen LogP contribution in [0.5, 0.6) is 0 Å². The number of carbonyl (C=O) groups excluding carboxylic acids is 2. The van der Waals surface area contributed by atoms with Gasteiger partial charge in [0.2, 0.25) is 5.91 Å². The second-order valence-corrected chi connectivity index (χ2v) is 6.04. The van der Waals surface area contributed by atoms with Gasteiger partial charge in [0, 0.05) is 23.1 Å².